The first-order chi connectivity index (χ1) is 9.63. The lowest BCUT2D eigenvalue weighted by atomic mass is 9.87. The van der Waals surface area contributed by atoms with E-state index in [4.69, 9.17) is 11.6 Å². The first-order valence-electron chi connectivity index (χ1n) is 6.62. The quantitative estimate of drug-likeness (QED) is 0.613. The molecule has 6 nitrogen and oxygen atoms in total. The second-order valence-corrected chi connectivity index (χ2v) is 5.62. The summed E-state index contributed by atoms with van der Waals surface area (Å²) in [5.41, 5.74) is 4.23. The average Bonchev–Trinajstić information content (AvgIpc) is 2.46. The van der Waals surface area contributed by atoms with Crippen molar-refractivity contribution in [1.82, 2.24) is 4.90 Å². The van der Waals surface area contributed by atoms with E-state index < -0.39 is 4.92 Å². The zero-order valence-electron chi connectivity index (χ0n) is 11.3. The van der Waals surface area contributed by atoms with E-state index in [1.165, 1.54) is 18.2 Å². The Labute approximate surface area is 133 Å². The van der Waals surface area contributed by atoms with Crippen molar-refractivity contribution in [3.8, 4) is 0 Å². The molecule has 0 amide bonds. The Morgan fingerprint density at radius 2 is 2.10 bits per heavy atom. The summed E-state index contributed by atoms with van der Waals surface area (Å²) in [4.78, 5) is 12.9. The first-order valence-corrected chi connectivity index (χ1v) is 7.00. The molecule has 8 heteroatoms. The van der Waals surface area contributed by atoms with Crippen molar-refractivity contribution < 1.29 is 17.3 Å². The number of benzene rings is 1. The third kappa shape index (κ3) is 3.45. The Bertz CT molecular complexity index is 571. The Hall–Kier alpha value is -1.37. The highest BCUT2D eigenvalue weighted by atomic mass is 35.5. The van der Waals surface area contributed by atoms with Crippen molar-refractivity contribution in [2.24, 2.45) is 11.0 Å². The monoisotopic (exact) mass is 329 g/mol. The molecule has 1 aromatic rings. The molecule has 0 unspecified atom stereocenters. The summed E-state index contributed by atoms with van der Waals surface area (Å²) in [6.07, 6.45) is 2.25. The van der Waals surface area contributed by atoms with E-state index in [1.54, 1.807) is 0 Å². The fourth-order valence-corrected chi connectivity index (χ4v) is 2.97. The van der Waals surface area contributed by atoms with Crippen LogP contribution in [0.15, 0.2) is 23.3 Å². The number of fused-ring (bicyclic) bond motifs is 3. The van der Waals surface area contributed by atoms with E-state index in [0.717, 1.165) is 38.2 Å². The lowest BCUT2D eigenvalue weighted by Gasteiger charge is -2.39. The molecule has 21 heavy (non-hydrogen) atoms. The maximum Gasteiger partial charge on any atom is 0.294 e. The van der Waals surface area contributed by atoms with Gasteiger partial charge in [0.2, 0.25) is 0 Å². The van der Waals surface area contributed by atoms with Crippen LogP contribution in [-0.4, -0.2) is 35.2 Å². The van der Waals surface area contributed by atoms with Gasteiger partial charge in [-0.2, -0.15) is 5.10 Å². The van der Waals surface area contributed by atoms with E-state index in [9.17, 15) is 10.1 Å². The normalized spacial score (nSPS) is 25.5. The van der Waals surface area contributed by atoms with Gasteiger partial charge in [0, 0.05) is 23.6 Å². The Kier molecular flexibility index (Phi) is 5.03. The third-order valence-corrected chi connectivity index (χ3v) is 4.15. The van der Waals surface area contributed by atoms with Crippen molar-refractivity contribution in [2.45, 2.75) is 12.8 Å². The Morgan fingerprint density at radius 3 is 2.67 bits per heavy atom. The minimum atomic E-state index is -0.435. The van der Waals surface area contributed by atoms with Crippen LogP contribution in [0, 0.1) is 16.0 Å². The molecule has 0 spiro atoms. The van der Waals surface area contributed by atoms with Crippen LogP contribution < -0.4 is 17.8 Å². The summed E-state index contributed by atoms with van der Waals surface area (Å²) in [5, 5.41) is 15.8. The van der Waals surface area contributed by atoms with Gasteiger partial charge in [0.15, 0.2) is 0 Å². The van der Waals surface area contributed by atoms with Crippen LogP contribution in [0.3, 0.4) is 0 Å². The van der Waals surface area contributed by atoms with Gasteiger partial charge in [-0.3, -0.25) is 20.4 Å². The van der Waals surface area contributed by atoms with Gasteiger partial charge in [-0.05, 0) is 38.1 Å². The number of hydrazone groups is 1. The second-order valence-electron chi connectivity index (χ2n) is 5.18. The van der Waals surface area contributed by atoms with E-state index in [0.29, 0.717) is 16.6 Å². The fraction of sp³-hybridized carbons (Fsp3) is 0.462. The molecule has 3 heterocycles. The van der Waals surface area contributed by atoms with Gasteiger partial charge >= 0.3 is 0 Å². The van der Waals surface area contributed by atoms with Crippen LogP contribution in [0.25, 0.3) is 0 Å². The molecule has 0 radical (unpaired) electrons. The molecule has 3 aliphatic rings. The van der Waals surface area contributed by atoms with Crippen molar-refractivity contribution in [3.63, 3.8) is 0 Å². The number of anilines is 1. The number of rotatable bonds is 3. The summed E-state index contributed by atoms with van der Waals surface area (Å²) < 4.78 is 0. The van der Waals surface area contributed by atoms with Gasteiger partial charge in [-0.25, -0.2) is 0 Å². The number of hydrogen-bond donors (Lipinski definition) is 1. The highest BCUT2D eigenvalue weighted by Crippen LogP contribution is 2.29. The number of nitro benzene ring substituents is 1. The van der Waals surface area contributed by atoms with Crippen molar-refractivity contribution >= 4 is 28.7 Å². The lowest BCUT2D eigenvalue weighted by molar-refractivity contribution is -0.384. The summed E-state index contributed by atoms with van der Waals surface area (Å²) in [7, 11) is 0. The number of hydrogen-bond acceptors (Lipinski definition) is 5. The van der Waals surface area contributed by atoms with Gasteiger partial charge in [0.25, 0.3) is 5.69 Å². The molecule has 3 saturated heterocycles. The molecule has 2 bridgehead atoms. The van der Waals surface area contributed by atoms with Gasteiger partial charge < -0.3 is 12.4 Å². The highest BCUT2D eigenvalue weighted by Gasteiger charge is 2.31. The van der Waals surface area contributed by atoms with E-state index in [1.807, 2.05) is 0 Å². The van der Waals surface area contributed by atoms with Crippen LogP contribution in [0.1, 0.15) is 12.8 Å². The first kappa shape index (κ1) is 16.0. The largest absolute Gasteiger partial charge is 1.00 e. The molecule has 4 rings (SSSR count). The van der Waals surface area contributed by atoms with Crippen molar-refractivity contribution in [2.75, 3.05) is 25.1 Å². The van der Waals surface area contributed by atoms with E-state index in [-0.39, 0.29) is 18.1 Å². The van der Waals surface area contributed by atoms with Crippen LogP contribution in [0.2, 0.25) is 5.02 Å². The van der Waals surface area contributed by atoms with Crippen LogP contribution in [0.4, 0.5) is 11.4 Å². The minimum absolute atomic E-state index is 0. The SMILES string of the molecule is O=[N+]([O-])c1ccc(Cl)cc1N/N=C1/CN2CCC1CC2.[Cl-]. The zero-order chi connectivity index (χ0) is 14.1. The summed E-state index contributed by atoms with van der Waals surface area (Å²) in [5.74, 6) is 0.505. The van der Waals surface area contributed by atoms with Gasteiger partial charge in [0.1, 0.15) is 5.69 Å². The third-order valence-electron chi connectivity index (χ3n) is 3.92. The molecule has 3 fully saturated rings. The molecule has 0 aliphatic carbocycles. The van der Waals surface area contributed by atoms with Gasteiger partial charge in [-0.15, -0.1) is 0 Å². The number of piperidine rings is 3. The predicted octanol–water partition coefficient (Wildman–Crippen LogP) is -0.254. The summed E-state index contributed by atoms with van der Waals surface area (Å²) >= 11 is 5.89. The maximum atomic E-state index is 11.0. The number of nitro groups is 1. The Balaban J connectivity index is 0.00000161. The summed E-state index contributed by atoms with van der Waals surface area (Å²) in [6.45, 7) is 3.11. The number of nitrogens with one attached hydrogen (secondary N) is 1. The molecule has 1 N–H and O–H groups in total. The molecule has 0 saturated carbocycles. The topological polar surface area (TPSA) is 70.8 Å². The van der Waals surface area contributed by atoms with Gasteiger partial charge in [0.05, 0.1) is 10.6 Å². The van der Waals surface area contributed by atoms with Crippen molar-refractivity contribution in [1.29, 1.82) is 0 Å². The number of nitrogens with zero attached hydrogens (tertiary/aromatic N) is 3. The minimum Gasteiger partial charge on any atom is -1.00 e. The zero-order valence-corrected chi connectivity index (χ0v) is 12.8. The predicted molar refractivity (Wildman–Crippen MR) is 78.3 cm³/mol. The molecule has 0 aromatic heterocycles. The average molecular weight is 330 g/mol. The van der Waals surface area contributed by atoms with Crippen LogP contribution >= 0.6 is 11.6 Å². The molecule has 3 aliphatic heterocycles. The molecule has 114 valence electrons. The standard InChI is InChI=1S/C13H15ClN4O2.ClH/c14-10-1-2-13(18(19)20)11(7-10)15-16-12-8-17-5-3-9(12)4-6-17;/h1-2,7,9,15H,3-6,8H2;1H/p-1/b16-12-;. The smallest absolute Gasteiger partial charge is 0.294 e. The molecule has 0 atom stereocenters. The number of halogens is 2. The van der Waals surface area contributed by atoms with Crippen LogP contribution in [-0.2, 0) is 0 Å². The molecular weight excluding hydrogens is 315 g/mol. The highest BCUT2D eigenvalue weighted by molar-refractivity contribution is 6.31. The molecular formula is C13H15Cl2N4O2-. The van der Waals surface area contributed by atoms with E-state index in [2.05, 4.69) is 15.4 Å². The van der Waals surface area contributed by atoms with E-state index >= 15 is 0 Å². The Morgan fingerprint density at radius 1 is 1.38 bits per heavy atom. The van der Waals surface area contributed by atoms with Crippen LogP contribution in [0.5, 0.6) is 0 Å². The van der Waals surface area contributed by atoms with Crippen molar-refractivity contribution in [3.05, 3.63) is 33.3 Å². The molecule has 1 aromatic carbocycles. The summed E-state index contributed by atoms with van der Waals surface area (Å²) in [6, 6.07) is 4.43. The lowest BCUT2D eigenvalue weighted by Crippen LogP contribution is -3.00. The fourth-order valence-electron chi connectivity index (χ4n) is 2.80. The second kappa shape index (κ2) is 6.60. The van der Waals surface area contributed by atoms with Gasteiger partial charge in [-0.1, -0.05) is 11.6 Å². The maximum absolute atomic E-state index is 11.0.